The summed E-state index contributed by atoms with van der Waals surface area (Å²) in [7, 11) is 1.75. The van der Waals surface area contributed by atoms with Gasteiger partial charge in [-0.05, 0) is 38.1 Å². The number of ether oxygens (including phenoxy) is 1. The van der Waals surface area contributed by atoms with Crippen LogP contribution >= 0.6 is 0 Å². The molecule has 0 aromatic heterocycles. The van der Waals surface area contributed by atoms with Gasteiger partial charge in [0.1, 0.15) is 0 Å². The van der Waals surface area contributed by atoms with Crippen LogP contribution in [0.15, 0.2) is 0 Å². The highest BCUT2D eigenvalue weighted by molar-refractivity contribution is 5.74. The fraction of sp³-hybridized carbons (Fsp3) is 0.882. The first kappa shape index (κ1) is 19.0. The average molecular weight is 341 g/mol. The molecule has 0 aromatic carbocycles. The topological polar surface area (TPSA) is 82.1 Å². The number of urea groups is 1. The number of carbonyl (C=O) groups excluding carboxylic acids is 1. The van der Waals surface area contributed by atoms with Gasteiger partial charge in [0.25, 0.3) is 0 Å². The van der Waals surface area contributed by atoms with Crippen molar-refractivity contribution in [2.24, 2.45) is 11.8 Å². The van der Waals surface area contributed by atoms with Gasteiger partial charge in [-0.25, -0.2) is 4.79 Å². The highest BCUT2D eigenvalue weighted by Crippen LogP contribution is 2.28. The minimum absolute atomic E-state index is 0.0181. The second-order valence-corrected chi connectivity index (χ2v) is 7.59. The van der Waals surface area contributed by atoms with Gasteiger partial charge in [0.2, 0.25) is 0 Å². The molecule has 1 saturated carbocycles. The maximum absolute atomic E-state index is 12.5. The number of carboxylic acids is 1. The molecule has 0 bridgehead atoms. The lowest BCUT2D eigenvalue weighted by Gasteiger charge is -2.37. The monoisotopic (exact) mass is 341 g/mol. The Hall–Kier alpha value is -1.34. The Bertz CT molecular complexity index is 436. The number of hydrogen-bond acceptors (Lipinski definition) is 4. The molecule has 3 unspecified atom stereocenters. The maximum Gasteiger partial charge on any atom is 0.317 e. The van der Waals surface area contributed by atoms with Crippen molar-refractivity contribution in [3.8, 4) is 0 Å². The van der Waals surface area contributed by atoms with Crippen LogP contribution in [0.4, 0.5) is 4.79 Å². The summed E-state index contributed by atoms with van der Waals surface area (Å²) in [5, 5.41) is 12.0. The van der Waals surface area contributed by atoms with Gasteiger partial charge in [-0.1, -0.05) is 13.8 Å². The predicted molar refractivity (Wildman–Crippen MR) is 90.9 cm³/mol. The number of likely N-dealkylation sites (N-methyl/N-ethyl adjacent to an activating group) is 1. The molecule has 0 spiro atoms. The second kappa shape index (κ2) is 8.67. The minimum atomic E-state index is -0.858. The standard InChI is InChI=1S/C17H31N3O4/c1-12-6-13(2)8-14(7-12)18-17(23)20-4-5-24-15(10-20)9-19(3)11-16(21)22/h12-15H,4-11H2,1-3H3,(H,18,23)(H,21,22). The first-order chi connectivity index (χ1) is 11.3. The maximum atomic E-state index is 12.5. The summed E-state index contributed by atoms with van der Waals surface area (Å²) < 4.78 is 5.68. The van der Waals surface area contributed by atoms with Crippen molar-refractivity contribution in [2.45, 2.75) is 45.3 Å². The quantitative estimate of drug-likeness (QED) is 0.786. The molecule has 1 aliphatic carbocycles. The number of amides is 2. The molecular formula is C17H31N3O4. The Morgan fingerprint density at radius 2 is 1.92 bits per heavy atom. The molecule has 2 aliphatic rings. The first-order valence-corrected chi connectivity index (χ1v) is 8.90. The average Bonchev–Trinajstić information content (AvgIpc) is 2.45. The van der Waals surface area contributed by atoms with Crippen LogP contribution in [-0.2, 0) is 9.53 Å². The van der Waals surface area contributed by atoms with Crippen LogP contribution in [0, 0.1) is 11.8 Å². The van der Waals surface area contributed by atoms with E-state index in [1.807, 2.05) is 0 Å². The van der Waals surface area contributed by atoms with E-state index < -0.39 is 5.97 Å². The molecule has 1 saturated heterocycles. The summed E-state index contributed by atoms with van der Waals surface area (Å²) in [4.78, 5) is 26.8. The van der Waals surface area contributed by atoms with Crippen LogP contribution in [0.1, 0.15) is 33.1 Å². The zero-order valence-corrected chi connectivity index (χ0v) is 15.0. The van der Waals surface area contributed by atoms with Crippen LogP contribution in [0.2, 0.25) is 0 Å². The van der Waals surface area contributed by atoms with Gasteiger partial charge >= 0.3 is 12.0 Å². The highest BCUT2D eigenvalue weighted by atomic mass is 16.5. The molecule has 2 N–H and O–H groups in total. The van der Waals surface area contributed by atoms with Crippen molar-refractivity contribution in [3.63, 3.8) is 0 Å². The van der Waals surface area contributed by atoms with Crippen molar-refractivity contribution < 1.29 is 19.4 Å². The van der Waals surface area contributed by atoms with E-state index in [9.17, 15) is 9.59 Å². The number of nitrogens with zero attached hydrogens (tertiary/aromatic N) is 2. The molecule has 2 fully saturated rings. The third kappa shape index (κ3) is 5.94. The Morgan fingerprint density at radius 3 is 2.54 bits per heavy atom. The van der Waals surface area contributed by atoms with E-state index in [1.165, 1.54) is 6.42 Å². The Morgan fingerprint density at radius 1 is 1.25 bits per heavy atom. The highest BCUT2D eigenvalue weighted by Gasteiger charge is 2.29. The van der Waals surface area contributed by atoms with Crippen molar-refractivity contribution in [1.29, 1.82) is 0 Å². The number of carbonyl (C=O) groups is 2. The number of carboxylic acid groups (broad SMARTS) is 1. The Kier molecular flexibility index (Phi) is 6.86. The lowest BCUT2D eigenvalue weighted by molar-refractivity contribution is -0.138. The summed E-state index contributed by atoms with van der Waals surface area (Å²) in [6, 6.07) is 0.239. The van der Waals surface area contributed by atoms with Crippen molar-refractivity contribution in [1.82, 2.24) is 15.1 Å². The molecule has 0 aromatic rings. The molecular weight excluding hydrogens is 310 g/mol. The molecule has 24 heavy (non-hydrogen) atoms. The largest absolute Gasteiger partial charge is 0.480 e. The van der Waals surface area contributed by atoms with Crippen molar-refractivity contribution in [2.75, 3.05) is 39.8 Å². The summed E-state index contributed by atoms with van der Waals surface area (Å²) >= 11 is 0. The number of rotatable bonds is 5. The van der Waals surface area contributed by atoms with Gasteiger partial charge in [-0.15, -0.1) is 0 Å². The Labute approximate surface area is 144 Å². The van der Waals surface area contributed by atoms with Crippen molar-refractivity contribution >= 4 is 12.0 Å². The molecule has 3 atom stereocenters. The van der Waals surface area contributed by atoms with Crippen LogP contribution in [0.25, 0.3) is 0 Å². The number of nitrogens with one attached hydrogen (secondary N) is 1. The summed E-state index contributed by atoms with van der Waals surface area (Å²) in [5.41, 5.74) is 0. The molecule has 7 heteroatoms. The SMILES string of the molecule is CC1CC(C)CC(NC(=O)N2CCOC(CN(C)CC(=O)O)C2)C1. The van der Waals surface area contributed by atoms with Gasteiger partial charge in [0.05, 0.1) is 19.3 Å². The van der Waals surface area contributed by atoms with Gasteiger partial charge < -0.3 is 20.1 Å². The van der Waals surface area contributed by atoms with E-state index in [-0.39, 0.29) is 24.7 Å². The van der Waals surface area contributed by atoms with Crippen molar-refractivity contribution in [3.05, 3.63) is 0 Å². The molecule has 138 valence electrons. The van der Waals surface area contributed by atoms with Gasteiger partial charge in [-0.3, -0.25) is 9.69 Å². The molecule has 7 nitrogen and oxygen atoms in total. The smallest absolute Gasteiger partial charge is 0.317 e. The molecule has 2 amide bonds. The van der Waals surface area contributed by atoms with Crippen LogP contribution in [0.3, 0.4) is 0 Å². The van der Waals surface area contributed by atoms with Crippen LogP contribution in [0.5, 0.6) is 0 Å². The van der Waals surface area contributed by atoms with E-state index in [0.717, 1.165) is 12.8 Å². The zero-order valence-electron chi connectivity index (χ0n) is 15.0. The molecule has 2 rings (SSSR count). The van der Waals surface area contributed by atoms with E-state index in [1.54, 1.807) is 16.8 Å². The third-order valence-electron chi connectivity index (χ3n) is 4.85. The van der Waals surface area contributed by atoms with E-state index in [4.69, 9.17) is 9.84 Å². The Balaban J connectivity index is 1.80. The van der Waals surface area contributed by atoms with E-state index in [0.29, 0.717) is 38.1 Å². The van der Waals surface area contributed by atoms with Gasteiger partial charge in [0, 0.05) is 25.7 Å². The fourth-order valence-electron chi connectivity index (χ4n) is 3.99. The molecule has 1 aliphatic heterocycles. The summed E-state index contributed by atoms with van der Waals surface area (Å²) in [6.07, 6.45) is 3.19. The summed E-state index contributed by atoms with van der Waals surface area (Å²) in [6.45, 7) is 6.57. The number of hydrogen-bond donors (Lipinski definition) is 2. The minimum Gasteiger partial charge on any atom is -0.480 e. The number of morpholine rings is 1. The molecule has 1 heterocycles. The van der Waals surface area contributed by atoms with Gasteiger partial charge in [-0.2, -0.15) is 0 Å². The van der Waals surface area contributed by atoms with Crippen LogP contribution < -0.4 is 5.32 Å². The predicted octanol–water partition coefficient (Wildman–Crippen LogP) is 1.24. The molecule has 0 radical (unpaired) electrons. The normalized spacial score (nSPS) is 31.1. The van der Waals surface area contributed by atoms with E-state index in [2.05, 4.69) is 19.2 Å². The first-order valence-electron chi connectivity index (χ1n) is 8.90. The second-order valence-electron chi connectivity index (χ2n) is 7.59. The lowest BCUT2D eigenvalue weighted by Crippen LogP contribution is -2.54. The van der Waals surface area contributed by atoms with Gasteiger partial charge in [0.15, 0.2) is 0 Å². The van der Waals surface area contributed by atoms with Crippen LogP contribution in [-0.4, -0.2) is 78.9 Å². The fourth-order valence-corrected chi connectivity index (χ4v) is 3.99. The zero-order chi connectivity index (χ0) is 17.7. The number of aliphatic carboxylic acids is 1. The summed E-state index contributed by atoms with van der Waals surface area (Å²) in [5.74, 6) is 0.450. The lowest BCUT2D eigenvalue weighted by atomic mass is 9.80. The van der Waals surface area contributed by atoms with E-state index >= 15 is 0 Å². The third-order valence-corrected chi connectivity index (χ3v) is 4.85.